The third-order valence-corrected chi connectivity index (χ3v) is 7.14. The quantitative estimate of drug-likeness (QED) is 0.510. The molecule has 0 amide bonds. The van der Waals surface area contributed by atoms with Crippen LogP contribution in [0.15, 0.2) is 47.4 Å². The van der Waals surface area contributed by atoms with Gasteiger partial charge in [-0.1, -0.05) is 26.0 Å². The summed E-state index contributed by atoms with van der Waals surface area (Å²) in [6.07, 6.45) is 2.26. The van der Waals surface area contributed by atoms with E-state index in [0.717, 1.165) is 18.4 Å². The van der Waals surface area contributed by atoms with Gasteiger partial charge in [-0.15, -0.1) is 0 Å². The molecule has 0 saturated carbocycles. The van der Waals surface area contributed by atoms with Gasteiger partial charge in [0, 0.05) is 18.8 Å². The third kappa shape index (κ3) is 6.28. The summed E-state index contributed by atoms with van der Waals surface area (Å²) in [5.74, 6) is -1.33. The largest absolute Gasteiger partial charge is 0.478 e. The second-order valence-electron chi connectivity index (χ2n) is 8.92. The molecule has 8 nitrogen and oxygen atoms in total. The monoisotopic (exact) mass is 488 g/mol. The number of carbonyl (C=O) groups is 2. The number of rotatable bonds is 9. The van der Waals surface area contributed by atoms with Crippen LogP contribution in [0.25, 0.3) is 0 Å². The number of hydrogen-bond donors (Lipinski definition) is 2. The number of carboxylic acids is 1. The Labute approximate surface area is 201 Å². The zero-order valence-corrected chi connectivity index (χ0v) is 20.6. The molecule has 9 heteroatoms. The average Bonchev–Trinajstić information content (AvgIpc) is 2.79. The summed E-state index contributed by atoms with van der Waals surface area (Å²) in [6, 6.07) is 11.1. The van der Waals surface area contributed by atoms with Crippen LogP contribution >= 0.6 is 0 Å². The number of aromatic carboxylic acids is 1. The first-order valence-corrected chi connectivity index (χ1v) is 13.0. The Morgan fingerprint density at radius 1 is 1.18 bits per heavy atom. The normalized spacial score (nSPS) is 16.4. The van der Waals surface area contributed by atoms with Crippen LogP contribution in [0.2, 0.25) is 0 Å². The summed E-state index contributed by atoms with van der Waals surface area (Å²) in [5.41, 5.74) is 1.62. The Hall–Kier alpha value is -3.07. The van der Waals surface area contributed by atoms with Crippen LogP contribution in [0.3, 0.4) is 0 Å². The van der Waals surface area contributed by atoms with Crippen molar-refractivity contribution >= 4 is 33.3 Å². The van der Waals surface area contributed by atoms with Gasteiger partial charge in [0.1, 0.15) is 0 Å². The van der Waals surface area contributed by atoms with Crippen molar-refractivity contribution in [2.24, 2.45) is 11.8 Å². The second-order valence-corrected chi connectivity index (χ2v) is 10.6. The molecule has 34 heavy (non-hydrogen) atoms. The van der Waals surface area contributed by atoms with Crippen molar-refractivity contribution in [3.8, 4) is 0 Å². The number of carboxylic acid groups (broad SMARTS) is 1. The highest BCUT2D eigenvalue weighted by Crippen LogP contribution is 2.30. The second kappa shape index (κ2) is 10.9. The Morgan fingerprint density at radius 2 is 1.88 bits per heavy atom. The van der Waals surface area contributed by atoms with E-state index < -0.39 is 16.0 Å². The number of benzene rings is 2. The van der Waals surface area contributed by atoms with Gasteiger partial charge in [0.15, 0.2) is 0 Å². The number of esters is 1. The van der Waals surface area contributed by atoms with E-state index in [-0.39, 0.29) is 28.0 Å². The van der Waals surface area contributed by atoms with Crippen molar-refractivity contribution in [1.82, 2.24) is 0 Å². The fraction of sp³-hybridized carbons (Fsp3) is 0.440. The predicted molar refractivity (Wildman–Crippen MR) is 131 cm³/mol. The van der Waals surface area contributed by atoms with Crippen LogP contribution in [-0.4, -0.2) is 45.2 Å². The molecule has 0 aliphatic carbocycles. The zero-order chi connectivity index (χ0) is 24.9. The Kier molecular flexibility index (Phi) is 8.19. The maximum Gasteiger partial charge on any atom is 0.337 e. The summed E-state index contributed by atoms with van der Waals surface area (Å²) in [6.45, 7) is 7.19. The van der Waals surface area contributed by atoms with Gasteiger partial charge in [0.2, 0.25) is 0 Å². The van der Waals surface area contributed by atoms with E-state index in [4.69, 9.17) is 4.74 Å². The van der Waals surface area contributed by atoms with Crippen molar-refractivity contribution in [1.29, 1.82) is 0 Å². The molecule has 0 unspecified atom stereocenters. The molecular weight excluding hydrogens is 456 g/mol. The van der Waals surface area contributed by atoms with Crippen molar-refractivity contribution < 1.29 is 27.9 Å². The number of anilines is 2. The maximum atomic E-state index is 12.9. The topological polar surface area (TPSA) is 113 Å². The molecule has 1 saturated heterocycles. The first kappa shape index (κ1) is 25.6. The highest BCUT2D eigenvalue weighted by Gasteiger charge is 2.29. The van der Waals surface area contributed by atoms with E-state index in [2.05, 4.69) is 18.6 Å². The van der Waals surface area contributed by atoms with E-state index in [1.165, 1.54) is 6.07 Å². The molecule has 1 aliphatic rings. The van der Waals surface area contributed by atoms with Crippen LogP contribution in [0.5, 0.6) is 0 Å². The van der Waals surface area contributed by atoms with Gasteiger partial charge in [0.25, 0.3) is 10.0 Å². The van der Waals surface area contributed by atoms with Crippen LogP contribution in [0.4, 0.5) is 11.4 Å². The van der Waals surface area contributed by atoms with Gasteiger partial charge >= 0.3 is 11.9 Å². The molecule has 1 fully saturated rings. The third-order valence-electron chi connectivity index (χ3n) is 5.74. The van der Waals surface area contributed by atoms with Crippen LogP contribution in [0.1, 0.15) is 49.5 Å². The molecule has 0 aromatic heterocycles. The standard InChI is InChI=1S/C25H32N2O6S/c1-4-33-25(30)19-6-5-13-27(16-19)23-12-9-20(15-22(23)24(28)29)26-34(31,32)21-10-7-18(8-11-21)14-17(2)3/h7-12,15,17,19,26H,4-6,13-14,16H2,1-3H3,(H,28,29)/t19-/m1/s1. The molecule has 1 aliphatic heterocycles. The Balaban J connectivity index is 1.81. The number of nitrogens with zero attached hydrogens (tertiary/aromatic N) is 1. The van der Waals surface area contributed by atoms with Crippen molar-refractivity contribution in [2.75, 3.05) is 29.3 Å². The smallest absolute Gasteiger partial charge is 0.337 e. The fourth-order valence-electron chi connectivity index (χ4n) is 4.19. The molecule has 2 aromatic rings. The zero-order valence-electron chi connectivity index (χ0n) is 19.8. The number of piperidine rings is 1. The molecule has 0 spiro atoms. The average molecular weight is 489 g/mol. The number of hydrogen-bond acceptors (Lipinski definition) is 6. The van der Waals surface area contributed by atoms with Gasteiger partial charge in [-0.25, -0.2) is 13.2 Å². The minimum Gasteiger partial charge on any atom is -0.478 e. The predicted octanol–water partition coefficient (Wildman–Crippen LogP) is 4.16. The van der Waals surface area contributed by atoms with Crippen LogP contribution < -0.4 is 9.62 Å². The van der Waals surface area contributed by atoms with E-state index in [9.17, 15) is 23.1 Å². The molecule has 2 aromatic carbocycles. The summed E-state index contributed by atoms with van der Waals surface area (Å²) in [7, 11) is -3.88. The number of carbonyl (C=O) groups excluding carboxylic acids is 1. The number of ether oxygens (including phenoxy) is 1. The molecule has 184 valence electrons. The summed E-state index contributed by atoms with van der Waals surface area (Å²) >= 11 is 0. The first-order valence-electron chi connectivity index (χ1n) is 11.5. The first-order chi connectivity index (χ1) is 16.1. The molecule has 2 N–H and O–H groups in total. The molecule has 0 bridgehead atoms. The van der Waals surface area contributed by atoms with Crippen molar-refractivity contribution in [3.63, 3.8) is 0 Å². The number of sulfonamides is 1. The maximum absolute atomic E-state index is 12.9. The molecule has 1 heterocycles. The van der Waals surface area contributed by atoms with E-state index in [1.807, 2.05) is 4.90 Å². The SMILES string of the molecule is CCOC(=O)[C@@H]1CCCN(c2ccc(NS(=O)(=O)c3ccc(CC(C)C)cc3)cc2C(=O)O)C1. The Bertz CT molecular complexity index is 1130. The summed E-state index contributed by atoms with van der Waals surface area (Å²) < 4.78 is 33.3. The van der Waals surface area contributed by atoms with Crippen LogP contribution in [0, 0.1) is 11.8 Å². The highest BCUT2D eigenvalue weighted by atomic mass is 32.2. The lowest BCUT2D eigenvalue weighted by atomic mass is 9.97. The lowest BCUT2D eigenvalue weighted by Crippen LogP contribution is -2.40. The lowest BCUT2D eigenvalue weighted by molar-refractivity contribution is -0.148. The summed E-state index contributed by atoms with van der Waals surface area (Å²) in [5, 5.41) is 9.80. The minimum atomic E-state index is -3.88. The van der Waals surface area contributed by atoms with Gasteiger partial charge in [-0.2, -0.15) is 0 Å². The van der Waals surface area contributed by atoms with E-state index >= 15 is 0 Å². The highest BCUT2D eigenvalue weighted by molar-refractivity contribution is 7.92. The van der Waals surface area contributed by atoms with Gasteiger partial charge < -0.3 is 14.7 Å². The van der Waals surface area contributed by atoms with Gasteiger partial charge in [-0.05, 0) is 68.0 Å². The summed E-state index contributed by atoms with van der Waals surface area (Å²) in [4.78, 5) is 26.1. The van der Waals surface area contributed by atoms with E-state index in [0.29, 0.717) is 37.7 Å². The van der Waals surface area contributed by atoms with Gasteiger partial charge in [0.05, 0.1) is 28.7 Å². The minimum absolute atomic E-state index is 0.0306. The lowest BCUT2D eigenvalue weighted by Gasteiger charge is -2.34. The van der Waals surface area contributed by atoms with Crippen LogP contribution in [-0.2, 0) is 26.0 Å². The molecule has 0 radical (unpaired) electrons. The Morgan fingerprint density at radius 3 is 2.50 bits per heavy atom. The van der Waals surface area contributed by atoms with Crippen molar-refractivity contribution in [3.05, 3.63) is 53.6 Å². The fourth-order valence-corrected chi connectivity index (χ4v) is 5.23. The molecular formula is C25H32N2O6S. The van der Waals surface area contributed by atoms with Gasteiger partial charge in [-0.3, -0.25) is 9.52 Å². The van der Waals surface area contributed by atoms with Crippen molar-refractivity contribution in [2.45, 2.75) is 44.9 Å². The molecule has 1 atom stereocenters. The molecule has 3 rings (SSSR count). The van der Waals surface area contributed by atoms with E-state index in [1.54, 1.807) is 43.3 Å². The number of nitrogens with one attached hydrogen (secondary N) is 1.